The summed E-state index contributed by atoms with van der Waals surface area (Å²) in [5, 5.41) is 12.5. The van der Waals surface area contributed by atoms with Crippen LogP contribution in [0.2, 0.25) is 0 Å². The van der Waals surface area contributed by atoms with Crippen LogP contribution in [-0.4, -0.2) is 0 Å². The molecule has 0 amide bonds. The molecule has 0 aliphatic heterocycles. The molecule has 0 saturated heterocycles. The van der Waals surface area contributed by atoms with Crippen LogP contribution in [0.15, 0.2) is 217 Å². The van der Waals surface area contributed by atoms with Crippen molar-refractivity contribution in [2.75, 3.05) is 4.90 Å². The van der Waals surface area contributed by atoms with Crippen LogP contribution in [0, 0.1) is 0 Å². The van der Waals surface area contributed by atoms with Gasteiger partial charge in [0.05, 0.1) is 5.41 Å². The maximum absolute atomic E-state index is 6.40. The van der Waals surface area contributed by atoms with Gasteiger partial charge in [-0.15, -0.1) is 11.3 Å². The molecule has 2 aliphatic carbocycles. The zero-order valence-corrected chi connectivity index (χ0v) is 35.3. The van der Waals surface area contributed by atoms with E-state index in [0.717, 1.165) is 39.0 Å². The molecule has 0 bridgehead atoms. The highest BCUT2D eigenvalue weighted by molar-refractivity contribution is 7.25. The predicted octanol–water partition coefficient (Wildman–Crippen LogP) is 17.2. The zero-order chi connectivity index (χ0) is 41.7. The first-order valence-electron chi connectivity index (χ1n) is 22.1. The third kappa shape index (κ3) is 4.44. The van der Waals surface area contributed by atoms with Gasteiger partial charge in [0.1, 0.15) is 11.2 Å². The molecule has 1 spiro atoms. The summed E-state index contributed by atoms with van der Waals surface area (Å²) in [5.74, 6) is 0. The fourth-order valence-electron chi connectivity index (χ4n) is 11.8. The molecule has 0 fully saturated rings. The molecule has 13 aromatic rings. The minimum atomic E-state index is -0.456. The van der Waals surface area contributed by atoms with Crippen LogP contribution in [0.3, 0.4) is 0 Å². The molecule has 2 aromatic heterocycles. The Kier molecular flexibility index (Phi) is 6.79. The lowest BCUT2D eigenvalue weighted by Gasteiger charge is -2.32. The van der Waals surface area contributed by atoms with Crippen LogP contribution in [0.5, 0.6) is 0 Å². The quantitative estimate of drug-likeness (QED) is 0.165. The zero-order valence-electron chi connectivity index (χ0n) is 34.5. The van der Waals surface area contributed by atoms with Gasteiger partial charge in [-0.3, -0.25) is 0 Å². The molecule has 0 saturated carbocycles. The van der Waals surface area contributed by atoms with Gasteiger partial charge in [-0.2, -0.15) is 0 Å². The topological polar surface area (TPSA) is 16.4 Å². The van der Waals surface area contributed by atoms with Crippen LogP contribution in [-0.2, 0) is 5.41 Å². The van der Waals surface area contributed by atoms with Gasteiger partial charge in [0.25, 0.3) is 0 Å². The number of hydrogen-bond acceptors (Lipinski definition) is 3. The molecule has 2 aliphatic rings. The standard InChI is InChI=1S/C61H35NOS/c1-2-14-40-39(13-1)48-31-36(25-28-41(48)50-35-60-52(34-49(40)50)47-19-7-12-24-59(47)64-60)62(37-27-30-58-51(32-37)46-18-6-11-23-57(46)63-58)38-26-29-45-44-17-5-10-22-55(44)61(56(45)33-38)53-20-8-3-15-42(53)43-16-4-9-21-54(43)61/h1-35H. The van der Waals surface area contributed by atoms with Crippen molar-refractivity contribution in [1.29, 1.82) is 0 Å². The first kappa shape index (κ1) is 34.6. The van der Waals surface area contributed by atoms with E-state index in [2.05, 4.69) is 211 Å². The van der Waals surface area contributed by atoms with E-state index in [1.165, 1.54) is 97.0 Å². The van der Waals surface area contributed by atoms with Crippen molar-refractivity contribution in [3.05, 3.63) is 235 Å². The van der Waals surface area contributed by atoms with Crippen LogP contribution >= 0.6 is 11.3 Å². The third-order valence-corrected chi connectivity index (χ3v) is 15.6. The third-order valence-electron chi connectivity index (χ3n) is 14.4. The number of nitrogens with zero attached hydrogens (tertiary/aromatic N) is 1. The van der Waals surface area contributed by atoms with E-state index in [4.69, 9.17) is 4.42 Å². The Morgan fingerprint density at radius 1 is 0.297 bits per heavy atom. The van der Waals surface area contributed by atoms with Crippen molar-refractivity contribution in [3.8, 4) is 22.3 Å². The number of rotatable bonds is 3. The van der Waals surface area contributed by atoms with E-state index < -0.39 is 5.41 Å². The molecule has 2 heterocycles. The summed E-state index contributed by atoms with van der Waals surface area (Å²) in [7, 11) is 0. The highest BCUT2D eigenvalue weighted by Crippen LogP contribution is 2.63. The van der Waals surface area contributed by atoms with Crippen molar-refractivity contribution in [3.63, 3.8) is 0 Å². The van der Waals surface area contributed by atoms with E-state index in [9.17, 15) is 0 Å². The number of furan rings is 1. The molecular weight excluding hydrogens is 795 g/mol. The van der Waals surface area contributed by atoms with Crippen molar-refractivity contribution >= 4 is 103 Å². The SMILES string of the molecule is c1ccc2c(c1)-c1ccccc1C21c2ccccc2-c2ccc(N(c3ccc4oc5ccccc5c4c3)c3ccc4c(c3)c3ccccc3c3cc5c(cc43)sc3ccccc35)cc21. The van der Waals surface area contributed by atoms with E-state index in [0.29, 0.717) is 0 Å². The molecule has 0 radical (unpaired) electrons. The first-order valence-corrected chi connectivity index (χ1v) is 22.9. The van der Waals surface area contributed by atoms with Crippen molar-refractivity contribution in [2.45, 2.75) is 5.41 Å². The summed E-state index contributed by atoms with van der Waals surface area (Å²) in [5.41, 5.74) is 15.1. The highest BCUT2D eigenvalue weighted by Gasteiger charge is 2.51. The summed E-state index contributed by atoms with van der Waals surface area (Å²) in [6.45, 7) is 0. The van der Waals surface area contributed by atoms with Crippen LogP contribution in [0.4, 0.5) is 17.1 Å². The molecular formula is C61H35NOS. The van der Waals surface area contributed by atoms with Gasteiger partial charge < -0.3 is 9.32 Å². The second-order valence-electron chi connectivity index (χ2n) is 17.5. The highest BCUT2D eigenvalue weighted by atomic mass is 32.1. The van der Waals surface area contributed by atoms with Gasteiger partial charge in [-0.25, -0.2) is 0 Å². The minimum absolute atomic E-state index is 0.456. The van der Waals surface area contributed by atoms with Gasteiger partial charge in [0.15, 0.2) is 0 Å². The lowest BCUT2D eigenvalue weighted by atomic mass is 9.70. The van der Waals surface area contributed by atoms with E-state index in [1.54, 1.807) is 0 Å². The van der Waals surface area contributed by atoms with Gasteiger partial charge in [0.2, 0.25) is 0 Å². The average molecular weight is 830 g/mol. The van der Waals surface area contributed by atoms with Crippen molar-refractivity contribution in [1.82, 2.24) is 0 Å². The monoisotopic (exact) mass is 829 g/mol. The normalized spacial score (nSPS) is 13.4. The number of benzene rings is 11. The maximum Gasteiger partial charge on any atom is 0.135 e. The number of hydrogen-bond donors (Lipinski definition) is 0. The number of anilines is 3. The Balaban J connectivity index is 1.02. The fraction of sp³-hybridized carbons (Fsp3) is 0.0164. The average Bonchev–Trinajstić information content (AvgIpc) is 4.08. The van der Waals surface area contributed by atoms with Gasteiger partial charge >= 0.3 is 0 Å². The summed E-state index contributed by atoms with van der Waals surface area (Å²) >= 11 is 1.88. The Morgan fingerprint density at radius 3 is 1.50 bits per heavy atom. The molecule has 15 rings (SSSR count). The summed E-state index contributed by atoms with van der Waals surface area (Å²) in [6.07, 6.45) is 0. The lowest BCUT2D eigenvalue weighted by molar-refractivity contribution is 0.669. The minimum Gasteiger partial charge on any atom is -0.456 e. The largest absolute Gasteiger partial charge is 0.456 e. The van der Waals surface area contributed by atoms with Gasteiger partial charge in [-0.05, 0) is 144 Å². The van der Waals surface area contributed by atoms with Crippen molar-refractivity contribution < 1.29 is 4.42 Å². The Labute approximate surface area is 372 Å². The molecule has 11 aromatic carbocycles. The first-order chi connectivity index (χ1) is 31.7. The summed E-state index contributed by atoms with van der Waals surface area (Å²) in [6, 6.07) is 79.2. The molecule has 2 nitrogen and oxygen atoms in total. The second kappa shape index (κ2) is 12.6. The van der Waals surface area contributed by atoms with E-state index in [1.807, 2.05) is 17.4 Å². The smallest absolute Gasteiger partial charge is 0.135 e. The van der Waals surface area contributed by atoms with E-state index in [-0.39, 0.29) is 0 Å². The summed E-state index contributed by atoms with van der Waals surface area (Å²) < 4.78 is 9.05. The Morgan fingerprint density at radius 2 is 0.781 bits per heavy atom. The molecule has 64 heavy (non-hydrogen) atoms. The van der Waals surface area contributed by atoms with Gasteiger partial charge in [0, 0.05) is 48.0 Å². The summed E-state index contributed by atoms with van der Waals surface area (Å²) in [4.78, 5) is 2.47. The van der Waals surface area contributed by atoms with Gasteiger partial charge in [-0.1, -0.05) is 146 Å². The molecule has 0 atom stereocenters. The number of thiophene rings is 1. The molecule has 0 unspecified atom stereocenters. The second-order valence-corrected chi connectivity index (χ2v) is 18.6. The van der Waals surface area contributed by atoms with E-state index >= 15 is 0 Å². The van der Waals surface area contributed by atoms with Crippen LogP contribution in [0.25, 0.3) is 96.7 Å². The van der Waals surface area contributed by atoms with Crippen LogP contribution in [0.1, 0.15) is 22.3 Å². The molecule has 3 heteroatoms. The Hall–Kier alpha value is -7.98. The maximum atomic E-state index is 6.40. The van der Waals surface area contributed by atoms with Crippen molar-refractivity contribution in [2.24, 2.45) is 0 Å². The Bertz CT molecular complexity index is 4110. The molecule has 0 N–H and O–H groups in total. The number of para-hydroxylation sites is 1. The van der Waals surface area contributed by atoms with Crippen LogP contribution < -0.4 is 4.90 Å². The molecule has 296 valence electrons. The number of fused-ring (bicyclic) bond motifs is 22. The predicted molar refractivity (Wildman–Crippen MR) is 270 cm³/mol. The lowest BCUT2D eigenvalue weighted by Crippen LogP contribution is -2.26. The fourth-order valence-corrected chi connectivity index (χ4v) is 12.9.